The van der Waals surface area contributed by atoms with Crippen molar-refractivity contribution in [2.75, 3.05) is 19.1 Å². The zero-order valence-corrected chi connectivity index (χ0v) is 14.7. The molecule has 0 spiro atoms. The molecule has 0 aliphatic rings. The van der Waals surface area contributed by atoms with Crippen molar-refractivity contribution in [1.29, 1.82) is 0 Å². The zero-order valence-electron chi connectivity index (χ0n) is 13.9. The van der Waals surface area contributed by atoms with Gasteiger partial charge in [-0.05, 0) is 37.3 Å². The third-order valence-electron chi connectivity index (χ3n) is 3.76. The van der Waals surface area contributed by atoms with Crippen LogP contribution >= 0.6 is 0 Å². The average molecular weight is 349 g/mol. The van der Waals surface area contributed by atoms with Crippen molar-refractivity contribution in [1.82, 2.24) is 0 Å². The van der Waals surface area contributed by atoms with Gasteiger partial charge in [0.05, 0.1) is 12.9 Å². The van der Waals surface area contributed by atoms with E-state index in [-0.39, 0.29) is 11.7 Å². The molecule has 0 bridgehead atoms. The maximum absolute atomic E-state index is 13.4. The van der Waals surface area contributed by atoms with Crippen LogP contribution < -0.4 is 9.64 Å². The number of amides is 1. The van der Waals surface area contributed by atoms with Crippen LogP contribution in [0.15, 0.2) is 48.5 Å². The number of rotatable bonds is 6. The smallest absolute Gasteiger partial charge is 0.242 e. The number of methoxy groups -OCH3 is 1. The van der Waals surface area contributed by atoms with E-state index in [0.29, 0.717) is 11.3 Å². The van der Waals surface area contributed by atoms with Gasteiger partial charge in [0, 0.05) is 29.1 Å². The molecule has 0 aliphatic heterocycles. The first-order valence-electron chi connectivity index (χ1n) is 7.46. The number of para-hydroxylation sites is 1. The Morgan fingerprint density at radius 3 is 2.54 bits per heavy atom. The van der Waals surface area contributed by atoms with Crippen LogP contribution in [-0.4, -0.2) is 29.5 Å². The maximum atomic E-state index is 13.4. The molecule has 0 saturated carbocycles. The van der Waals surface area contributed by atoms with Crippen molar-refractivity contribution in [2.45, 2.75) is 17.9 Å². The molecule has 24 heavy (non-hydrogen) atoms. The number of carbonyl (C=O) groups excluding carboxylic acids is 1. The number of ether oxygens (including phenoxy) is 1. The van der Waals surface area contributed by atoms with Gasteiger partial charge in [0.25, 0.3) is 0 Å². The molecule has 2 aromatic rings. The van der Waals surface area contributed by atoms with Gasteiger partial charge >= 0.3 is 0 Å². The lowest BCUT2D eigenvalue weighted by molar-refractivity contribution is -0.117. The molecule has 0 saturated heterocycles. The fraction of sp³-hybridized carbons (Fsp3) is 0.278. The van der Waals surface area contributed by atoms with Gasteiger partial charge in [-0.1, -0.05) is 18.2 Å². The zero-order chi connectivity index (χ0) is 17.7. The van der Waals surface area contributed by atoms with Gasteiger partial charge in [0.1, 0.15) is 16.8 Å². The van der Waals surface area contributed by atoms with Crippen LogP contribution in [0.2, 0.25) is 0 Å². The van der Waals surface area contributed by atoms with Crippen LogP contribution in [0, 0.1) is 5.82 Å². The van der Waals surface area contributed by atoms with E-state index in [0.717, 1.165) is 5.69 Å². The van der Waals surface area contributed by atoms with E-state index < -0.39 is 21.9 Å². The van der Waals surface area contributed by atoms with Gasteiger partial charge in [-0.3, -0.25) is 9.00 Å². The molecular formula is C18H20FNO3S. The van der Waals surface area contributed by atoms with Crippen LogP contribution in [0.1, 0.15) is 12.5 Å². The normalized spacial score (nSPS) is 13.2. The van der Waals surface area contributed by atoms with E-state index in [2.05, 4.69) is 0 Å². The van der Waals surface area contributed by atoms with Crippen molar-refractivity contribution in [2.24, 2.45) is 0 Å². The van der Waals surface area contributed by atoms with Gasteiger partial charge in [-0.2, -0.15) is 0 Å². The van der Waals surface area contributed by atoms with Crippen LogP contribution in [0.4, 0.5) is 10.1 Å². The number of carbonyl (C=O) groups is 1. The Hall–Kier alpha value is -2.21. The molecule has 6 heteroatoms. The van der Waals surface area contributed by atoms with Crippen LogP contribution in [0.5, 0.6) is 5.75 Å². The molecule has 2 rings (SSSR count). The summed E-state index contributed by atoms with van der Waals surface area (Å²) in [4.78, 5) is 14.0. The lowest BCUT2D eigenvalue weighted by atomic mass is 10.2. The van der Waals surface area contributed by atoms with Gasteiger partial charge in [-0.15, -0.1) is 0 Å². The summed E-state index contributed by atoms with van der Waals surface area (Å²) in [6, 6.07) is 13.2. The minimum atomic E-state index is -1.50. The van der Waals surface area contributed by atoms with Crippen molar-refractivity contribution in [3.05, 3.63) is 59.9 Å². The summed E-state index contributed by atoms with van der Waals surface area (Å²) in [5.74, 6) is -0.171. The first-order valence-corrected chi connectivity index (χ1v) is 8.84. The third-order valence-corrected chi connectivity index (χ3v) is 5.34. The van der Waals surface area contributed by atoms with Gasteiger partial charge < -0.3 is 9.64 Å². The fourth-order valence-corrected chi connectivity index (χ4v) is 3.47. The molecule has 0 N–H and O–H groups in total. The predicted octanol–water partition coefficient (Wildman–Crippen LogP) is 3.13. The van der Waals surface area contributed by atoms with Gasteiger partial charge in [0.2, 0.25) is 5.91 Å². The monoisotopic (exact) mass is 349 g/mol. The maximum Gasteiger partial charge on any atom is 0.242 e. The molecule has 128 valence electrons. The van der Waals surface area contributed by atoms with E-state index >= 15 is 0 Å². The molecule has 0 fully saturated rings. The summed E-state index contributed by atoms with van der Waals surface area (Å²) in [5.41, 5.74) is 1.22. The second-order valence-corrected chi connectivity index (χ2v) is 7.11. The molecule has 4 nitrogen and oxygen atoms in total. The highest BCUT2D eigenvalue weighted by atomic mass is 32.2. The van der Waals surface area contributed by atoms with Gasteiger partial charge in [0.15, 0.2) is 0 Å². The summed E-state index contributed by atoms with van der Waals surface area (Å²) in [6.07, 6.45) is 0. The molecule has 1 amide bonds. The predicted molar refractivity (Wildman–Crippen MR) is 94.1 cm³/mol. The van der Waals surface area contributed by atoms with Crippen LogP contribution in [-0.2, 0) is 21.3 Å². The first-order chi connectivity index (χ1) is 11.4. The summed E-state index contributed by atoms with van der Waals surface area (Å²) >= 11 is 0. The molecular weight excluding hydrogens is 329 g/mol. The number of nitrogens with zero attached hydrogens (tertiary/aromatic N) is 1. The first kappa shape index (κ1) is 18.1. The highest BCUT2D eigenvalue weighted by Gasteiger charge is 2.25. The van der Waals surface area contributed by atoms with Crippen molar-refractivity contribution < 1.29 is 18.1 Å². The Kier molecular flexibility index (Phi) is 6.09. The summed E-state index contributed by atoms with van der Waals surface area (Å²) < 4.78 is 31.1. The number of benzene rings is 2. The highest BCUT2D eigenvalue weighted by molar-refractivity contribution is 7.85. The molecule has 0 unspecified atom stereocenters. The molecule has 2 atom stereocenters. The van der Waals surface area contributed by atoms with Crippen LogP contribution in [0.3, 0.4) is 0 Å². The quantitative estimate of drug-likeness (QED) is 0.805. The number of halogens is 1. The highest BCUT2D eigenvalue weighted by Crippen LogP contribution is 2.22. The molecule has 0 aliphatic carbocycles. The van der Waals surface area contributed by atoms with E-state index in [1.165, 1.54) is 30.2 Å². The molecule has 2 aromatic carbocycles. The van der Waals surface area contributed by atoms with Crippen molar-refractivity contribution >= 4 is 22.4 Å². The lowest BCUT2D eigenvalue weighted by Crippen LogP contribution is -2.37. The van der Waals surface area contributed by atoms with Crippen LogP contribution in [0.25, 0.3) is 0 Å². The molecule has 0 aromatic heterocycles. The van der Waals surface area contributed by atoms with E-state index in [1.54, 1.807) is 14.0 Å². The summed E-state index contributed by atoms with van der Waals surface area (Å²) in [6.45, 7) is 1.61. The van der Waals surface area contributed by atoms with E-state index in [1.807, 2.05) is 30.3 Å². The van der Waals surface area contributed by atoms with Crippen molar-refractivity contribution in [3.63, 3.8) is 0 Å². The lowest BCUT2D eigenvalue weighted by Gasteiger charge is -2.21. The Labute approximate surface area is 143 Å². The van der Waals surface area contributed by atoms with E-state index in [4.69, 9.17) is 4.74 Å². The molecule has 0 radical (unpaired) electrons. The average Bonchev–Trinajstić information content (AvgIpc) is 2.60. The van der Waals surface area contributed by atoms with E-state index in [9.17, 15) is 13.4 Å². The minimum absolute atomic E-state index is 0.0521. The third kappa shape index (κ3) is 4.20. The summed E-state index contributed by atoms with van der Waals surface area (Å²) in [5, 5.41) is -0.719. The fourth-order valence-electron chi connectivity index (χ4n) is 2.30. The topological polar surface area (TPSA) is 46.6 Å². The SMILES string of the molecule is COc1ccc(F)cc1C[S@@](=O)[C@@H](C)C(=O)N(C)c1ccccc1. The van der Waals surface area contributed by atoms with Crippen molar-refractivity contribution in [3.8, 4) is 5.75 Å². The largest absolute Gasteiger partial charge is 0.496 e. The summed E-state index contributed by atoms with van der Waals surface area (Å²) in [7, 11) is 1.62. The number of hydrogen-bond acceptors (Lipinski definition) is 3. The Bertz CT molecular complexity index is 736. The minimum Gasteiger partial charge on any atom is -0.496 e. The Morgan fingerprint density at radius 2 is 1.92 bits per heavy atom. The molecule has 0 heterocycles. The number of hydrogen-bond donors (Lipinski definition) is 0. The van der Waals surface area contributed by atoms with Gasteiger partial charge in [-0.25, -0.2) is 4.39 Å². The Balaban J connectivity index is 2.12. The standard InChI is InChI=1S/C18H20FNO3S/c1-13(18(21)20(2)16-7-5-4-6-8-16)24(22)12-14-11-15(19)9-10-17(14)23-3/h4-11,13H,12H2,1-3H3/t13-,24+/m0/s1. The number of anilines is 1. The Morgan fingerprint density at radius 1 is 1.25 bits per heavy atom. The second kappa shape index (κ2) is 8.06. The second-order valence-electron chi connectivity index (χ2n) is 5.36.